The number of carbonyl (C=O) groups excluding carboxylic acids is 1. The number of ether oxygens (including phenoxy) is 2. The van der Waals surface area contributed by atoms with E-state index in [0.717, 1.165) is 36.8 Å². The molecule has 8 nitrogen and oxygen atoms in total. The monoisotopic (exact) mass is 413 g/mol. The van der Waals surface area contributed by atoms with Crippen molar-refractivity contribution < 1.29 is 14.3 Å². The molecule has 0 atom stereocenters. The summed E-state index contributed by atoms with van der Waals surface area (Å²) in [6.07, 6.45) is 0. The Bertz CT molecular complexity index is 892. The van der Waals surface area contributed by atoms with E-state index < -0.39 is 0 Å². The van der Waals surface area contributed by atoms with Crippen molar-refractivity contribution in [2.45, 2.75) is 18.4 Å². The highest BCUT2D eigenvalue weighted by molar-refractivity contribution is 7.97. The minimum atomic E-state index is -0.381. The van der Waals surface area contributed by atoms with E-state index in [2.05, 4.69) is 14.6 Å². The number of morpholine rings is 1. The molecular weight excluding hydrogens is 390 g/mol. The van der Waals surface area contributed by atoms with Gasteiger partial charge >= 0.3 is 0 Å². The van der Waals surface area contributed by atoms with Gasteiger partial charge in [0.15, 0.2) is 0 Å². The molecule has 29 heavy (non-hydrogen) atoms. The zero-order valence-electron chi connectivity index (χ0n) is 16.2. The highest BCUT2D eigenvalue weighted by atomic mass is 32.2. The number of aromatic nitrogens is 1. The minimum Gasteiger partial charge on any atom is -0.477 e. The zero-order chi connectivity index (χ0) is 20.6. The largest absolute Gasteiger partial charge is 0.477 e. The number of nitrogens with zero attached hydrogens (tertiary/aromatic N) is 3. The topological polar surface area (TPSA) is 114 Å². The fraction of sp³-hybridized carbons (Fsp3) is 0.350. The Morgan fingerprint density at radius 1 is 1.38 bits per heavy atom. The number of anilines is 1. The molecule has 3 rings (SSSR count). The Labute approximate surface area is 174 Å². The van der Waals surface area contributed by atoms with E-state index in [1.165, 1.54) is 6.07 Å². The first-order valence-corrected chi connectivity index (χ1v) is 10.1. The van der Waals surface area contributed by atoms with Crippen LogP contribution in [0.4, 0.5) is 5.69 Å². The lowest BCUT2D eigenvalue weighted by molar-refractivity contribution is 0.0773. The maximum absolute atomic E-state index is 12.5. The van der Waals surface area contributed by atoms with Crippen molar-refractivity contribution in [3.05, 3.63) is 47.2 Å². The molecule has 0 aliphatic carbocycles. The second-order valence-electron chi connectivity index (χ2n) is 6.28. The lowest BCUT2D eigenvalue weighted by Crippen LogP contribution is -2.30. The lowest BCUT2D eigenvalue weighted by Gasteiger charge is -2.25. The van der Waals surface area contributed by atoms with E-state index in [1.807, 2.05) is 30.3 Å². The fourth-order valence-electron chi connectivity index (χ4n) is 2.74. The van der Waals surface area contributed by atoms with Crippen LogP contribution in [0.3, 0.4) is 0 Å². The minimum absolute atomic E-state index is 0.0737. The van der Waals surface area contributed by atoms with Gasteiger partial charge < -0.3 is 20.5 Å². The Kier molecular flexibility index (Phi) is 7.30. The molecule has 0 spiro atoms. The molecule has 1 aromatic heterocycles. The van der Waals surface area contributed by atoms with Gasteiger partial charge in [0.1, 0.15) is 17.3 Å². The average molecular weight is 414 g/mol. The second kappa shape index (κ2) is 10.1. The van der Waals surface area contributed by atoms with Crippen LogP contribution >= 0.6 is 11.9 Å². The first kappa shape index (κ1) is 20.9. The number of nitrogen functional groups attached to an aromatic ring is 1. The third kappa shape index (κ3) is 5.60. The highest BCUT2D eigenvalue weighted by Crippen LogP contribution is 2.24. The van der Waals surface area contributed by atoms with Crippen molar-refractivity contribution in [3.8, 4) is 11.9 Å². The van der Waals surface area contributed by atoms with Crippen molar-refractivity contribution in [2.24, 2.45) is 0 Å². The molecule has 1 amide bonds. The highest BCUT2D eigenvalue weighted by Gasteiger charge is 2.16. The van der Waals surface area contributed by atoms with E-state index in [9.17, 15) is 10.1 Å². The number of nitriles is 1. The number of amides is 1. The molecule has 2 heterocycles. The summed E-state index contributed by atoms with van der Waals surface area (Å²) in [4.78, 5) is 17.7. The van der Waals surface area contributed by atoms with Crippen LogP contribution in [0.25, 0.3) is 0 Å². The van der Waals surface area contributed by atoms with Gasteiger partial charge in [-0.25, -0.2) is 9.29 Å². The van der Waals surface area contributed by atoms with Crippen LogP contribution in [0.2, 0.25) is 0 Å². The number of rotatable bonds is 7. The van der Waals surface area contributed by atoms with Gasteiger partial charge in [0.2, 0.25) is 5.88 Å². The normalized spacial score (nSPS) is 14.2. The Morgan fingerprint density at radius 3 is 2.76 bits per heavy atom. The summed E-state index contributed by atoms with van der Waals surface area (Å²) >= 11 is 1.71. The van der Waals surface area contributed by atoms with Crippen LogP contribution in [0, 0.1) is 11.3 Å². The van der Waals surface area contributed by atoms with Gasteiger partial charge in [-0.1, -0.05) is 12.1 Å². The molecule has 1 aromatic carbocycles. The molecule has 1 fully saturated rings. The summed E-state index contributed by atoms with van der Waals surface area (Å²) in [5, 5.41) is 12.0. The molecule has 3 N–H and O–H groups in total. The van der Waals surface area contributed by atoms with Crippen LogP contribution in [0.1, 0.15) is 28.5 Å². The molecule has 152 valence electrons. The average Bonchev–Trinajstić information content (AvgIpc) is 2.74. The molecule has 0 bridgehead atoms. The van der Waals surface area contributed by atoms with Crippen molar-refractivity contribution in [1.29, 1.82) is 5.26 Å². The number of nitrogens with two attached hydrogens (primary N) is 1. The molecule has 9 heteroatoms. The molecule has 1 aliphatic rings. The molecule has 1 aliphatic heterocycles. The summed E-state index contributed by atoms with van der Waals surface area (Å²) < 4.78 is 13.0. The summed E-state index contributed by atoms with van der Waals surface area (Å²) in [5.41, 5.74) is 7.25. The third-order valence-corrected chi connectivity index (χ3v) is 5.33. The van der Waals surface area contributed by atoms with Gasteiger partial charge in [-0.3, -0.25) is 4.79 Å². The number of pyridine rings is 1. The Hall–Kier alpha value is -2.80. The van der Waals surface area contributed by atoms with Crippen LogP contribution in [0.5, 0.6) is 5.88 Å². The maximum atomic E-state index is 12.5. The van der Waals surface area contributed by atoms with Crippen molar-refractivity contribution in [2.75, 3.05) is 38.6 Å². The lowest BCUT2D eigenvalue weighted by atomic mass is 10.2. The van der Waals surface area contributed by atoms with Gasteiger partial charge in [0.25, 0.3) is 5.91 Å². The second-order valence-corrected chi connectivity index (χ2v) is 7.45. The number of benzene rings is 1. The number of hydrogen-bond donors (Lipinski definition) is 2. The van der Waals surface area contributed by atoms with Crippen molar-refractivity contribution in [3.63, 3.8) is 0 Å². The van der Waals surface area contributed by atoms with E-state index in [1.54, 1.807) is 18.9 Å². The van der Waals surface area contributed by atoms with E-state index in [4.69, 9.17) is 15.2 Å². The fourth-order valence-corrected chi connectivity index (χ4v) is 3.63. The summed E-state index contributed by atoms with van der Waals surface area (Å²) in [6.45, 7) is 5.78. The van der Waals surface area contributed by atoms with Crippen molar-refractivity contribution in [1.82, 2.24) is 14.6 Å². The van der Waals surface area contributed by atoms with Crippen LogP contribution < -0.4 is 15.8 Å². The number of carbonyl (C=O) groups is 1. The SMILES string of the molecule is CCOc1nc(C(=O)NCc2ccc(SN3CCOCC3)cc2)cc(N)c1C#N. The molecular formula is C20H23N5O3S. The van der Waals surface area contributed by atoms with Gasteiger partial charge in [0.05, 0.1) is 25.5 Å². The Morgan fingerprint density at radius 2 is 2.10 bits per heavy atom. The predicted octanol–water partition coefficient (Wildman–Crippen LogP) is 2.20. The summed E-state index contributed by atoms with van der Waals surface area (Å²) in [5.74, 6) is -0.307. The van der Waals surface area contributed by atoms with E-state index in [0.29, 0.717) is 13.2 Å². The third-order valence-electron chi connectivity index (χ3n) is 4.22. The molecule has 2 aromatic rings. The smallest absolute Gasteiger partial charge is 0.270 e. The van der Waals surface area contributed by atoms with E-state index >= 15 is 0 Å². The van der Waals surface area contributed by atoms with Crippen LogP contribution in [-0.4, -0.2) is 48.1 Å². The van der Waals surface area contributed by atoms with Gasteiger partial charge in [-0.2, -0.15) is 5.26 Å². The molecule has 0 unspecified atom stereocenters. The molecule has 1 saturated heterocycles. The van der Waals surface area contributed by atoms with Gasteiger partial charge in [-0.05, 0) is 42.6 Å². The number of nitrogens with one attached hydrogen (secondary N) is 1. The van der Waals surface area contributed by atoms with Crippen LogP contribution in [0.15, 0.2) is 35.2 Å². The zero-order valence-corrected chi connectivity index (χ0v) is 17.0. The first-order chi connectivity index (χ1) is 14.1. The number of hydrogen-bond acceptors (Lipinski definition) is 8. The van der Waals surface area contributed by atoms with Gasteiger partial charge in [0, 0.05) is 24.5 Å². The quantitative estimate of drug-likeness (QED) is 0.664. The van der Waals surface area contributed by atoms with Gasteiger partial charge in [-0.15, -0.1) is 0 Å². The van der Waals surface area contributed by atoms with Crippen LogP contribution in [-0.2, 0) is 11.3 Å². The first-order valence-electron chi connectivity index (χ1n) is 9.32. The van der Waals surface area contributed by atoms with Crippen molar-refractivity contribution >= 4 is 23.5 Å². The van der Waals surface area contributed by atoms with E-state index in [-0.39, 0.29) is 28.7 Å². The predicted molar refractivity (Wildman–Crippen MR) is 110 cm³/mol. The molecule has 0 saturated carbocycles. The standard InChI is InChI=1S/C20H23N5O3S/c1-2-28-20-16(12-21)17(22)11-18(24-20)19(26)23-13-14-3-5-15(6-4-14)29-25-7-9-27-10-8-25/h3-6,11H,2,7-10,13H2,1H3,(H2,22,24)(H,23,26). The maximum Gasteiger partial charge on any atom is 0.270 e. The molecule has 0 radical (unpaired) electrons. The Balaban J connectivity index is 1.59. The summed E-state index contributed by atoms with van der Waals surface area (Å²) in [6, 6.07) is 11.4. The summed E-state index contributed by atoms with van der Waals surface area (Å²) in [7, 11) is 0.